The van der Waals surface area contributed by atoms with Crippen molar-refractivity contribution < 1.29 is 13.2 Å². The smallest absolute Gasteiger partial charge is 0.353 e. The SMILES string of the molecule is NNc1nc(NCCSC(F)(F)F)nc(-n2cncn2)n1. The predicted octanol–water partition coefficient (Wildman–Crippen LogP) is 0.403. The normalized spacial score (nSPS) is 11.4. The van der Waals surface area contributed by atoms with Crippen LogP contribution >= 0.6 is 11.8 Å². The lowest BCUT2D eigenvalue weighted by Gasteiger charge is -2.09. The summed E-state index contributed by atoms with van der Waals surface area (Å²) in [6.45, 7) is 0.0228. The molecular formula is C8H10F3N9S. The number of anilines is 2. The predicted molar refractivity (Wildman–Crippen MR) is 69.6 cm³/mol. The van der Waals surface area contributed by atoms with E-state index in [1.54, 1.807) is 0 Å². The van der Waals surface area contributed by atoms with Crippen LogP contribution in [0.2, 0.25) is 0 Å². The fourth-order valence-electron chi connectivity index (χ4n) is 1.25. The van der Waals surface area contributed by atoms with Crippen molar-refractivity contribution in [2.75, 3.05) is 23.0 Å². The Hall–Kier alpha value is -2.15. The molecule has 0 spiro atoms. The molecule has 13 heteroatoms. The summed E-state index contributed by atoms with van der Waals surface area (Å²) >= 11 is -0.137. The van der Waals surface area contributed by atoms with Crippen LogP contribution in [-0.2, 0) is 0 Å². The highest BCUT2D eigenvalue weighted by Crippen LogP contribution is 2.29. The van der Waals surface area contributed by atoms with E-state index in [1.165, 1.54) is 17.3 Å². The average Bonchev–Trinajstić information content (AvgIpc) is 2.96. The van der Waals surface area contributed by atoms with Crippen LogP contribution in [-0.4, -0.2) is 47.5 Å². The second-order valence-corrected chi connectivity index (χ2v) is 4.65. The Kier molecular flexibility index (Phi) is 4.74. The van der Waals surface area contributed by atoms with Gasteiger partial charge in [-0.25, -0.2) is 10.8 Å². The van der Waals surface area contributed by atoms with E-state index in [0.717, 1.165) is 0 Å². The molecular weight excluding hydrogens is 311 g/mol. The molecule has 4 N–H and O–H groups in total. The summed E-state index contributed by atoms with van der Waals surface area (Å²) in [5.74, 6) is 5.29. The van der Waals surface area contributed by atoms with E-state index >= 15 is 0 Å². The number of hydrogen-bond donors (Lipinski definition) is 3. The Morgan fingerprint density at radius 3 is 2.62 bits per heavy atom. The summed E-state index contributed by atoms with van der Waals surface area (Å²) in [6.07, 6.45) is 2.64. The van der Waals surface area contributed by atoms with Gasteiger partial charge in [-0.3, -0.25) is 5.43 Å². The van der Waals surface area contributed by atoms with E-state index in [9.17, 15) is 13.2 Å². The standard InChI is InChI=1S/C8H10F3N9S/c9-8(10,11)21-2-1-14-5-16-6(19-12)18-7(17-5)20-4-13-3-15-20/h3-4H,1-2,12H2,(H2,14,16,17,18,19). The third-order valence-corrected chi connectivity index (χ3v) is 2.76. The van der Waals surface area contributed by atoms with Crippen molar-refractivity contribution in [3.8, 4) is 5.95 Å². The topological polar surface area (TPSA) is 119 Å². The molecule has 0 saturated carbocycles. The molecule has 0 amide bonds. The molecule has 0 aromatic carbocycles. The van der Waals surface area contributed by atoms with Crippen molar-refractivity contribution in [2.45, 2.75) is 5.51 Å². The van der Waals surface area contributed by atoms with Gasteiger partial charge in [0.05, 0.1) is 0 Å². The minimum Gasteiger partial charge on any atom is -0.353 e. The van der Waals surface area contributed by atoms with Gasteiger partial charge in [0.15, 0.2) is 0 Å². The minimum atomic E-state index is -4.27. The largest absolute Gasteiger partial charge is 0.441 e. The second-order valence-electron chi connectivity index (χ2n) is 3.49. The maximum atomic E-state index is 12.0. The van der Waals surface area contributed by atoms with Crippen LogP contribution in [0.15, 0.2) is 12.7 Å². The highest BCUT2D eigenvalue weighted by molar-refractivity contribution is 8.00. The molecule has 2 aromatic heterocycles. The van der Waals surface area contributed by atoms with E-state index in [2.05, 4.69) is 35.8 Å². The zero-order valence-corrected chi connectivity index (χ0v) is 11.2. The molecule has 0 aliphatic rings. The van der Waals surface area contributed by atoms with Gasteiger partial charge < -0.3 is 5.32 Å². The molecule has 114 valence electrons. The molecule has 9 nitrogen and oxygen atoms in total. The van der Waals surface area contributed by atoms with E-state index < -0.39 is 5.51 Å². The fraction of sp³-hybridized carbons (Fsp3) is 0.375. The number of rotatable bonds is 6. The summed E-state index contributed by atoms with van der Waals surface area (Å²) in [7, 11) is 0. The lowest BCUT2D eigenvalue weighted by atomic mass is 10.7. The summed E-state index contributed by atoms with van der Waals surface area (Å²) in [4.78, 5) is 15.5. The van der Waals surface area contributed by atoms with Crippen LogP contribution in [0.25, 0.3) is 5.95 Å². The number of nitrogen functional groups attached to an aromatic ring is 1. The molecule has 0 radical (unpaired) electrons. The molecule has 2 aromatic rings. The Morgan fingerprint density at radius 1 is 1.24 bits per heavy atom. The molecule has 0 fully saturated rings. The monoisotopic (exact) mass is 321 g/mol. The highest BCUT2D eigenvalue weighted by atomic mass is 32.2. The van der Waals surface area contributed by atoms with Crippen molar-refractivity contribution >= 4 is 23.7 Å². The van der Waals surface area contributed by atoms with Gasteiger partial charge in [-0.1, -0.05) is 0 Å². The number of nitrogens with one attached hydrogen (secondary N) is 2. The molecule has 2 heterocycles. The zero-order chi connectivity index (χ0) is 15.3. The lowest BCUT2D eigenvalue weighted by molar-refractivity contribution is -0.0327. The molecule has 0 bridgehead atoms. The van der Waals surface area contributed by atoms with Gasteiger partial charge in [0, 0.05) is 12.3 Å². The maximum Gasteiger partial charge on any atom is 0.441 e. The van der Waals surface area contributed by atoms with Gasteiger partial charge in [-0.05, 0) is 11.8 Å². The van der Waals surface area contributed by atoms with Gasteiger partial charge in [-0.2, -0.15) is 37.9 Å². The van der Waals surface area contributed by atoms with Gasteiger partial charge in [0.25, 0.3) is 5.95 Å². The van der Waals surface area contributed by atoms with Crippen LogP contribution in [0.4, 0.5) is 25.1 Å². The number of nitrogens with zero attached hydrogens (tertiary/aromatic N) is 6. The molecule has 21 heavy (non-hydrogen) atoms. The average molecular weight is 321 g/mol. The number of aromatic nitrogens is 6. The van der Waals surface area contributed by atoms with Crippen molar-refractivity contribution in [1.29, 1.82) is 0 Å². The molecule has 2 rings (SSSR count). The van der Waals surface area contributed by atoms with Crippen LogP contribution in [0.1, 0.15) is 0 Å². The van der Waals surface area contributed by atoms with E-state index in [4.69, 9.17) is 5.84 Å². The Balaban J connectivity index is 2.04. The van der Waals surface area contributed by atoms with Crippen molar-refractivity contribution in [3.05, 3.63) is 12.7 Å². The van der Waals surface area contributed by atoms with Gasteiger partial charge in [0.1, 0.15) is 12.7 Å². The van der Waals surface area contributed by atoms with Crippen LogP contribution in [0.3, 0.4) is 0 Å². The third-order valence-electron chi connectivity index (χ3n) is 2.03. The number of nitrogens with two attached hydrogens (primary N) is 1. The first kappa shape index (κ1) is 15.2. The fourth-order valence-corrected chi connectivity index (χ4v) is 1.69. The quantitative estimate of drug-likeness (QED) is 0.394. The summed E-state index contributed by atoms with van der Waals surface area (Å²) in [5.41, 5.74) is -2.03. The minimum absolute atomic E-state index is 0.0228. The van der Waals surface area contributed by atoms with Crippen molar-refractivity contribution in [3.63, 3.8) is 0 Å². The Bertz CT molecular complexity index is 573. The van der Waals surface area contributed by atoms with E-state index in [1.807, 2.05) is 0 Å². The summed E-state index contributed by atoms with van der Waals surface area (Å²) in [6, 6.07) is 0. The van der Waals surface area contributed by atoms with Crippen LogP contribution < -0.4 is 16.6 Å². The van der Waals surface area contributed by atoms with E-state index in [0.29, 0.717) is 0 Å². The second kappa shape index (κ2) is 6.53. The summed E-state index contributed by atoms with van der Waals surface area (Å²) in [5, 5.41) is 6.49. The van der Waals surface area contributed by atoms with Gasteiger partial charge in [-0.15, -0.1) is 0 Å². The molecule has 0 saturated heterocycles. The molecule has 0 unspecified atom stereocenters. The molecule has 0 aliphatic carbocycles. The Morgan fingerprint density at radius 2 is 2.00 bits per heavy atom. The number of halogens is 3. The first-order valence-corrected chi connectivity index (χ1v) is 6.49. The van der Waals surface area contributed by atoms with E-state index in [-0.39, 0.29) is 41.9 Å². The molecule has 0 aliphatic heterocycles. The first-order valence-electron chi connectivity index (χ1n) is 5.50. The number of hydrogen-bond acceptors (Lipinski definition) is 9. The zero-order valence-electron chi connectivity index (χ0n) is 10.4. The maximum absolute atomic E-state index is 12.0. The Labute approximate surface area is 120 Å². The third kappa shape index (κ3) is 4.71. The summed E-state index contributed by atoms with van der Waals surface area (Å²) < 4.78 is 37.3. The van der Waals surface area contributed by atoms with Crippen molar-refractivity contribution in [1.82, 2.24) is 29.7 Å². The number of thioether (sulfide) groups is 1. The lowest BCUT2D eigenvalue weighted by Crippen LogP contribution is -2.17. The first-order chi connectivity index (χ1) is 9.98. The van der Waals surface area contributed by atoms with Gasteiger partial charge >= 0.3 is 5.51 Å². The van der Waals surface area contributed by atoms with Crippen LogP contribution in [0.5, 0.6) is 0 Å². The number of alkyl halides is 3. The molecule has 0 atom stereocenters. The highest BCUT2D eigenvalue weighted by Gasteiger charge is 2.27. The number of hydrazine groups is 1. The van der Waals surface area contributed by atoms with Gasteiger partial charge in [0.2, 0.25) is 11.9 Å². The van der Waals surface area contributed by atoms with Crippen LogP contribution in [0, 0.1) is 0 Å². The van der Waals surface area contributed by atoms with Crippen molar-refractivity contribution in [2.24, 2.45) is 5.84 Å².